The Bertz CT molecular complexity index is 806. The van der Waals surface area contributed by atoms with Gasteiger partial charge in [0.2, 0.25) is 0 Å². The molecule has 4 heteroatoms. The van der Waals surface area contributed by atoms with Crippen LogP contribution in [-0.4, -0.2) is 37.6 Å². The average molecular weight is 515 g/mol. The third kappa shape index (κ3) is 14.1. The Morgan fingerprint density at radius 1 is 0.568 bits per heavy atom. The van der Waals surface area contributed by atoms with Gasteiger partial charge in [0.1, 0.15) is 24.2 Å². The number of fused-ring (bicyclic) bond motifs is 1. The minimum absolute atomic E-state index is 0.219. The summed E-state index contributed by atoms with van der Waals surface area (Å²) in [5.74, 6) is 1.61. The minimum atomic E-state index is -0.633. The fourth-order valence-electron chi connectivity index (χ4n) is 4.86. The summed E-state index contributed by atoms with van der Waals surface area (Å²) >= 11 is 0. The van der Waals surface area contributed by atoms with Crippen molar-refractivity contribution in [3.8, 4) is 11.5 Å². The lowest BCUT2D eigenvalue weighted by Gasteiger charge is -2.15. The van der Waals surface area contributed by atoms with E-state index in [0.717, 1.165) is 28.7 Å². The normalized spacial score (nSPS) is 12.2. The van der Waals surface area contributed by atoms with E-state index in [4.69, 9.17) is 14.2 Å². The summed E-state index contributed by atoms with van der Waals surface area (Å²) in [6, 6.07) is 11.9. The third-order valence-corrected chi connectivity index (χ3v) is 7.03. The highest BCUT2D eigenvalue weighted by Gasteiger charge is 2.10. The molecule has 0 amide bonds. The minimum Gasteiger partial charge on any atom is -0.493 e. The van der Waals surface area contributed by atoms with Gasteiger partial charge in [0.25, 0.3) is 0 Å². The molecule has 0 aliphatic rings. The molecule has 1 atom stereocenters. The first kappa shape index (κ1) is 31.4. The number of hydrogen-bond acceptors (Lipinski definition) is 4. The molecular formula is C33H54O4. The monoisotopic (exact) mass is 514 g/mol. The quantitative estimate of drug-likeness (QED) is 0.142. The largest absolute Gasteiger partial charge is 0.493 e. The van der Waals surface area contributed by atoms with Crippen LogP contribution in [-0.2, 0) is 4.74 Å². The summed E-state index contributed by atoms with van der Waals surface area (Å²) in [5, 5.41) is 12.3. The van der Waals surface area contributed by atoms with Crippen LogP contribution in [0, 0.1) is 0 Å². The second-order valence-electron chi connectivity index (χ2n) is 10.4. The fourth-order valence-corrected chi connectivity index (χ4v) is 4.86. The molecule has 0 radical (unpaired) electrons. The maximum atomic E-state index is 10.3. The number of ether oxygens (including phenoxy) is 3. The van der Waals surface area contributed by atoms with Gasteiger partial charge in [-0.2, -0.15) is 0 Å². The highest BCUT2D eigenvalue weighted by molar-refractivity contribution is 5.93. The van der Waals surface area contributed by atoms with Crippen molar-refractivity contribution in [2.45, 2.75) is 123 Å². The van der Waals surface area contributed by atoms with Gasteiger partial charge < -0.3 is 19.3 Å². The van der Waals surface area contributed by atoms with Gasteiger partial charge in [-0.05, 0) is 25.5 Å². The molecule has 0 saturated heterocycles. The van der Waals surface area contributed by atoms with Gasteiger partial charge in [-0.3, -0.25) is 0 Å². The molecule has 2 aromatic rings. The van der Waals surface area contributed by atoms with Crippen molar-refractivity contribution in [3.05, 3.63) is 36.4 Å². The van der Waals surface area contributed by atoms with Gasteiger partial charge in [0, 0.05) is 17.4 Å². The van der Waals surface area contributed by atoms with Crippen LogP contribution in [0.15, 0.2) is 36.4 Å². The predicted octanol–water partition coefficient (Wildman–Crippen LogP) is 9.26. The molecule has 0 heterocycles. The van der Waals surface area contributed by atoms with Crippen molar-refractivity contribution >= 4 is 10.8 Å². The topological polar surface area (TPSA) is 47.9 Å². The molecule has 0 saturated carbocycles. The summed E-state index contributed by atoms with van der Waals surface area (Å²) in [6.45, 7) is 6.13. The summed E-state index contributed by atoms with van der Waals surface area (Å²) in [6.07, 6.45) is 21.2. The van der Waals surface area contributed by atoms with Crippen LogP contribution in [0.4, 0.5) is 0 Å². The average Bonchev–Trinajstić information content (AvgIpc) is 2.92. The Labute approximate surface area is 227 Å². The summed E-state index contributed by atoms with van der Waals surface area (Å²) < 4.78 is 17.3. The summed E-state index contributed by atoms with van der Waals surface area (Å²) in [7, 11) is 0. The van der Waals surface area contributed by atoms with Crippen molar-refractivity contribution in [3.63, 3.8) is 0 Å². The van der Waals surface area contributed by atoms with E-state index < -0.39 is 6.10 Å². The fraction of sp³-hybridized carbons (Fsp3) is 0.697. The smallest absolute Gasteiger partial charge is 0.127 e. The van der Waals surface area contributed by atoms with E-state index in [1.165, 1.54) is 96.3 Å². The Morgan fingerprint density at radius 2 is 1.03 bits per heavy atom. The van der Waals surface area contributed by atoms with Crippen LogP contribution >= 0.6 is 0 Å². The number of aliphatic hydroxyl groups excluding tert-OH is 1. The maximum Gasteiger partial charge on any atom is 0.127 e. The first-order valence-corrected chi connectivity index (χ1v) is 15.3. The molecule has 2 aromatic carbocycles. The van der Waals surface area contributed by atoms with Crippen LogP contribution in [0.25, 0.3) is 10.8 Å². The van der Waals surface area contributed by atoms with Crippen LogP contribution in [0.5, 0.6) is 11.5 Å². The summed E-state index contributed by atoms with van der Waals surface area (Å²) in [4.78, 5) is 0. The Kier molecular flexibility index (Phi) is 18.0. The van der Waals surface area contributed by atoms with E-state index in [1.807, 2.05) is 43.3 Å². The molecule has 0 aromatic heterocycles. The number of rotatable bonds is 24. The standard InChI is InChI=1S/C33H54O4/c1-3-5-6-7-8-9-10-11-12-13-14-15-16-17-18-21-26-35-27-29(34)28-37-33-25-24-32(36-4-2)30-22-19-20-23-31(30)33/h19-20,22-25,29,34H,3-18,21,26-28H2,1-2H3. The zero-order valence-electron chi connectivity index (χ0n) is 23.9. The maximum absolute atomic E-state index is 10.3. The third-order valence-electron chi connectivity index (χ3n) is 7.03. The van der Waals surface area contributed by atoms with Crippen molar-refractivity contribution in [1.82, 2.24) is 0 Å². The molecule has 210 valence electrons. The molecule has 0 aliphatic carbocycles. The molecule has 0 bridgehead atoms. The molecule has 0 spiro atoms. The zero-order chi connectivity index (χ0) is 26.4. The molecule has 1 N–H and O–H groups in total. The van der Waals surface area contributed by atoms with Gasteiger partial charge in [-0.15, -0.1) is 0 Å². The lowest BCUT2D eigenvalue weighted by atomic mass is 10.0. The molecule has 2 rings (SSSR count). The lowest BCUT2D eigenvalue weighted by molar-refractivity contribution is 0.0112. The van der Waals surface area contributed by atoms with Gasteiger partial charge in [-0.1, -0.05) is 128 Å². The highest BCUT2D eigenvalue weighted by atomic mass is 16.5. The predicted molar refractivity (Wildman–Crippen MR) is 157 cm³/mol. The molecule has 37 heavy (non-hydrogen) atoms. The number of hydrogen-bond donors (Lipinski definition) is 1. The van der Waals surface area contributed by atoms with Crippen molar-refractivity contribution in [2.75, 3.05) is 26.4 Å². The number of benzene rings is 2. The van der Waals surface area contributed by atoms with E-state index in [-0.39, 0.29) is 6.61 Å². The number of aliphatic hydroxyl groups is 1. The van der Waals surface area contributed by atoms with Gasteiger partial charge in [0.05, 0.1) is 13.2 Å². The van der Waals surface area contributed by atoms with E-state index in [2.05, 4.69) is 6.92 Å². The first-order chi connectivity index (χ1) is 18.3. The molecule has 0 fully saturated rings. The Hall–Kier alpha value is -1.78. The molecule has 0 aliphatic heterocycles. The number of unbranched alkanes of at least 4 members (excludes halogenated alkanes) is 15. The molecule has 1 unspecified atom stereocenters. The van der Waals surface area contributed by atoms with E-state index in [9.17, 15) is 5.11 Å². The van der Waals surface area contributed by atoms with E-state index >= 15 is 0 Å². The van der Waals surface area contributed by atoms with Gasteiger partial charge in [0.15, 0.2) is 0 Å². The van der Waals surface area contributed by atoms with Gasteiger partial charge >= 0.3 is 0 Å². The Morgan fingerprint density at radius 3 is 1.51 bits per heavy atom. The van der Waals surface area contributed by atoms with E-state index in [0.29, 0.717) is 19.8 Å². The van der Waals surface area contributed by atoms with Crippen molar-refractivity contribution < 1.29 is 19.3 Å². The van der Waals surface area contributed by atoms with Crippen molar-refractivity contribution in [1.29, 1.82) is 0 Å². The van der Waals surface area contributed by atoms with Gasteiger partial charge in [-0.25, -0.2) is 0 Å². The van der Waals surface area contributed by atoms with Crippen LogP contribution in [0.3, 0.4) is 0 Å². The van der Waals surface area contributed by atoms with Crippen LogP contribution in [0.1, 0.15) is 117 Å². The molecular weight excluding hydrogens is 460 g/mol. The Balaban J connectivity index is 1.41. The second kappa shape index (κ2) is 21.2. The van der Waals surface area contributed by atoms with Crippen molar-refractivity contribution in [2.24, 2.45) is 0 Å². The molecule has 4 nitrogen and oxygen atoms in total. The SMILES string of the molecule is CCCCCCCCCCCCCCCCCCOCC(O)COc1ccc(OCC)c2ccccc12. The lowest BCUT2D eigenvalue weighted by Crippen LogP contribution is -2.23. The second-order valence-corrected chi connectivity index (χ2v) is 10.4. The zero-order valence-corrected chi connectivity index (χ0v) is 23.9. The summed E-state index contributed by atoms with van der Waals surface area (Å²) in [5.41, 5.74) is 0. The first-order valence-electron chi connectivity index (χ1n) is 15.3. The van der Waals surface area contributed by atoms with Crippen LogP contribution in [0.2, 0.25) is 0 Å². The van der Waals surface area contributed by atoms with Crippen LogP contribution < -0.4 is 9.47 Å². The highest BCUT2D eigenvalue weighted by Crippen LogP contribution is 2.33. The van der Waals surface area contributed by atoms with E-state index in [1.54, 1.807) is 0 Å².